The van der Waals surface area contributed by atoms with E-state index >= 15 is 0 Å². The van der Waals surface area contributed by atoms with E-state index in [0.717, 1.165) is 38.5 Å². The molecular weight excluding hydrogens is 539 g/mol. The number of aliphatic carboxylic acids is 1. The number of rotatable bonds is 36. The summed E-state index contributed by atoms with van der Waals surface area (Å²) < 4.78 is 0. The van der Waals surface area contributed by atoms with Gasteiger partial charge in [-0.15, -0.1) is 0 Å². The standard InChI is InChI=1S/C39H78O3.Na/c1-3-5-7-9-11-13-15-17-19-21-23-25-27-29-31-33-35-37-39(42,38(40)41)36-34-32-30-28-26-24-22-20-18-16-14-12-10-8-6-4-2;/h42H,3-37H2,1-2H3,(H,40,41);/q;+1/p-1. The summed E-state index contributed by atoms with van der Waals surface area (Å²) in [6.45, 7) is 4.56. The van der Waals surface area contributed by atoms with Crippen molar-refractivity contribution in [3.8, 4) is 0 Å². The molecule has 0 aliphatic heterocycles. The first-order chi connectivity index (χ1) is 20.6. The van der Waals surface area contributed by atoms with Gasteiger partial charge in [-0.05, 0) is 12.8 Å². The van der Waals surface area contributed by atoms with Crippen molar-refractivity contribution in [2.24, 2.45) is 0 Å². The molecule has 0 saturated carbocycles. The predicted molar refractivity (Wildman–Crippen MR) is 183 cm³/mol. The summed E-state index contributed by atoms with van der Waals surface area (Å²) in [4.78, 5) is 11.7. The second kappa shape index (κ2) is 36.9. The van der Waals surface area contributed by atoms with Crippen LogP contribution in [0.4, 0.5) is 0 Å². The first-order valence-corrected chi connectivity index (χ1v) is 19.5. The smallest absolute Gasteiger partial charge is 0.547 e. The summed E-state index contributed by atoms with van der Waals surface area (Å²) >= 11 is 0. The van der Waals surface area contributed by atoms with Gasteiger partial charge in [0.25, 0.3) is 0 Å². The van der Waals surface area contributed by atoms with Crippen LogP contribution in [0.3, 0.4) is 0 Å². The summed E-state index contributed by atoms with van der Waals surface area (Å²) in [5, 5.41) is 22.3. The third-order valence-corrected chi connectivity index (χ3v) is 9.52. The normalized spacial score (nSPS) is 12.7. The van der Waals surface area contributed by atoms with Gasteiger partial charge in [-0.1, -0.05) is 226 Å². The topological polar surface area (TPSA) is 60.4 Å². The number of hydrogen-bond donors (Lipinski definition) is 1. The third kappa shape index (κ3) is 33.6. The molecule has 1 atom stereocenters. The van der Waals surface area contributed by atoms with Crippen LogP contribution in [0.15, 0.2) is 0 Å². The Balaban J connectivity index is 0. The molecule has 252 valence electrons. The minimum absolute atomic E-state index is 0. The Bertz CT molecular complexity index is 541. The van der Waals surface area contributed by atoms with Crippen molar-refractivity contribution in [1.29, 1.82) is 0 Å². The number of carbonyl (C=O) groups excluding carboxylic acids is 1. The van der Waals surface area contributed by atoms with Crippen LogP contribution >= 0.6 is 0 Å². The Morgan fingerprint density at radius 2 is 0.558 bits per heavy atom. The van der Waals surface area contributed by atoms with Crippen LogP contribution in [0.2, 0.25) is 0 Å². The Labute approximate surface area is 293 Å². The molecule has 3 nitrogen and oxygen atoms in total. The summed E-state index contributed by atoms with van der Waals surface area (Å²) in [6, 6.07) is 0. The molecule has 0 heterocycles. The van der Waals surface area contributed by atoms with Crippen molar-refractivity contribution in [3.63, 3.8) is 0 Å². The molecule has 4 heteroatoms. The second-order valence-corrected chi connectivity index (χ2v) is 13.8. The number of carboxylic acids is 1. The molecule has 1 unspecified atom stereocenters. The van der Waals surface area contributed by atoms with Crippen LogP contribution in [-0.4, -0.2) is 16.7 Å². The maximum Gasteiger partial charge on any atom is 1.00 e. The van der Waals surface area contributed by atoms with E-state index in [0.29, 0.717) is 12.8 Å². The van der Waals surface area contributed by atoms with E-state index in [4.69, 9.17) is 0 Å². The number of carboxylic acid groups (broad SMARTS) is 1. The van der Waals surface area contributed by atoms with Gasteiger partial charge in [-0.25, -0.2) is 0 Å². The van der Waals surface area contributed by atoms with E-state index in [-0.39, 0.29) is 29.6 Å². The van der Waals surface area contributed by atoms with Gasteiger partial charge < -0.3 is 15.0 Å². The van der Waals surface area contributed by atoms with E-state index in [1.54, 1.807) is 0 Å². The van der Waals surface area contributed by atoms with Gasteiger partial charge in [-0.3, -0.25) is 0 Å². The van der Waals surface area contributed by atoms with Crippen LogP contribution < -0.4 is 34.7 Å². The van der Waals surface area contributed by atoms with E-state index in [1.807, 2.05) is 0 Å². The average Bonchev–Trinajstić information content (AvgIpc) is 2.98. The Morgan fingerprint density at radius 3 is 0.721 bits per heavy atom. The SMILES string of the molecule is CCCCCCCCCCCCCCCCCCCC(O)(CCCCCCCCCCCCCCCCCC)C(=O)[O-].[Na+]. The largest absolute Gasteiger partial charge is 1.00 e. The van der Waals surface area contributed by atoms with E-state index in [1.165, 1.54) is 173 Å². The number of unbranched alkanes of at least 4 members (excludes halogenated alkanes) is 31. The fourth-order valence-corrected chi connectivity index (χ4v) is 6.44. The fourth-order valence-electron chi connectivity index (χ4n) is 6.44. The van der Waals surface area contributed by atoms with Crippen molar-refractivity contribution < 1.29 is 44.6 Å². The fraction of sp³-hybridized carbons (Fsp3) is 0.974. The van der Waals surface area contributed by atoms with Gasteiger partial charge in [0, 0.05) is 0 Å². The first kappa shape index (κ1) is 45.6. The van der Waals surface area contributed by atoms with E-state index < -0.39 is 11.6 Å². The zero-order valence-electron chi connectivity index (χ0n) is 30.0. The van der Waals surface area contributed by atoms with Gasteiger partial charge in [0.1, 0.15) is 5.60 Å². The minimum Gasteiger partial charge on any atom is -0.547 e. The van der Waals surface area contributed by atoms with E-state index in [2.05, 4.69) is 13.8 Å². The molecule has 0 radical (unpaired) electrons. The third-order valence-electron chi connectivity index (χ3n) is 9.52. The molecular formula is C39H77NaO3. The van der Waals surface area contributed by atoms with Crippen LogP contribution in [0.25, 0.3) is 0 Å². The predicted octanol–water partition coefficient (Wildman–Crippen LogP) is 9.16. The number of aliphatic hydroxyl groups is 1. The summed E-state index contributed by atoms with van der Waals surface area (Å²) in [5.74, 6) is -1.26. The molecule has 0 aromatic heterocycles. The van der Waals surface area contributed by atoms with Gasteiger partial charge in [0.05, 0.1) is 5.97 Å². The Kier molecular flexibility index (Phi) is 39.1. The zero-order chi connectivity index (χ0) is 30.8. The van der Waals surface area contributed by atoms with Crippen molar-refractivity contribution in [1.82, 2.24) is 0 Å². The van der Waals surface area contributed by atoms with Gasteiger partial charge >= 0.3 is 29.6 Å². The molecule has 0 rings (SSSR count). The van der Waals surface area contributed by atoms with Gasteiger partial charge in [-0.2, -0.15) is 0 Å². The molecule has 0 spiro atoms. The molecule has 0 bridgehead atoms. The van der Waals surface area contributed by atoms with Crippen LogP contribution in [0.1, 0.15) is 239 Å². The molecule has 0 fully saturated rings. The molecule has 43 heavy (non-hydrogen) atoms. The van der Waals surface area contributed by atoms with Crippen LogP contribution in [0.5, 0.6) is 0 Å². The summed E-state index contributed by atoms with van der Waals surface area (Å²) in [5.41, 5.74) is -1.62. The summed E-state index contributed by atoms with van der Waals surface area (Å²) in [7, 11) is 0. The quantitative estimate of drug-likeness (QED) is 0.0564. The monoisotopic (exact) mass is 617 g/mol. The van der Waals surface area contributed by atoms with Crippen molar-refractivity contribution in [2.75, 3.05) is 0 Å². The Hall–Kier alpha value is 0.430. The molecule has 0 aliphatic rings. The maximum atomic E-state index is 11.7. The Morgan fingerprint density at radius 1 is 0.395 bits per heavy atom. The first-order valence-electron chi connectivity index (χ1n) is 19.5. The van der Waals surface area contributed by atoms with Gasteiger partial charge in [0.2, 0.25) is 0 Å². The van der Waals surface area contributed by atoms with E-state index in [9.17, 15) is 15.0 Å². The van der Waals surface area contributed by atoms with Crippen LogP contribution in [-0.2, 0) is 4.79 Å². The van der Waals surface area contributed by atoms with Crippen molar-refractivity contribution in [3.05, 3.63) is 0 Å². The molecule has 0 amide bonds. The molecule has 0 aromatic rings. The van der Waals surface area contributed by atoms with Gasteiger partial charge in [0.15, 0.2) is 0 Å². The number of carbonyl (C=O) groups is 1. The molecule has 0 saturated heterocycles. The second-order valence-electron chi connectivity index (χ2n) is 13.8. The number of hydrogen-bond acceptors (Lipinski definition) is 3. The minimum atomic E-state index is -1.62. The maximum absolute atomic E-state index is 11.7. The molecule has 0 aromatic carbocycles. The van der Waals surface area contributed by atoms with Crippen molar-refractivity contribution in [2.45, 2.75) is 244 Å². The molecule has 1 N–H and O–H groups in total. The van der Waals surface area contributed by atoms with Crippen LogP contribution in [0, 0.1) is 0 Å². The summed E-state index contributed by atoms with van der Waals surface area (Å²) in [6.07, 6.45) is 43.8. The molecule has 0 aliphatic carbocycles. The average molecular weight is 617 g/mol. The van der Waals surface area contributed by atoms with Crippen molar-refractivity contribution >= 4 is 5.97 Å². The zero-order valence-corrected chi connectivity index (χ0v) is 32.0.